The van der Waals surface area contributed by atoms with Gasteiger partial charge in [0.25, 0.3) is 0 Å². The van der Waals surface area contributed by atoms with Gasteiger partial charge in [-0.2, -0.15) is 0 Å². The lowest BCUT2D eigenvalue weighted by Crippen LogP contribution is -2.74. The lowest BCUT2D eigenvalue weighted by Gasteiger charge is -2.35. The number of benzene rings is 12. The molecule has 0 aliphatic carbocycles. The molecule has 14 aromatic rings. The highest BCUT2D eigenvalue weighted by molar-refractivity contribution is 7.21. The molecule has 0 fully saturated rings. The van der Waals surface area contributed by atoms with Crippen LogP contribution in [0.25, 0.3) is 66.1 Å². The van der Waals surface area contributed by atoms with E-state index in [-0.39, 0.29) is 0 Å². The molecule has 0 N–H and O–H groups in total. The van der Waals surface area contributed by atoms with E-state index < -0.39 is 16.1 Å². The van der Waals surface area contributed by atoms with Crippen LogP contribution in [0.4, 0.5) is 0 Å². The topological polar surface area (TPSA) is 9.86 Å². The van der Waals surface area contributed by atoms with Gasteiger partial charge in [-0.1, -0.05) is 267 Å². The molecule has 0 atom stereocenters. The van der Waals surface area contributed by atoms with E-state index in [1.165, 1.54) is 96.2 Å². The third-order valence-corrected chi connectivity index (χ3v) is 25.6. The summed E-state index contributed by atoms with van der Waals surface area (Å²) >= 11 is 0. The molecule has 2 aromatic heterocycles. The molecule has 14 rings (SSSR count). The van der Waals surface area contributed by atoms with Gasteiger partial charge in [0.2, 0.25) is 0 Å². The van der Waals surface area contributed by atoms with Crippen LogP contribution in [0.3, 0.4) is 0 Å². The highest BCUT2D eigenvalue weighted by Crippen LogP contribution is 2.38. The van der Waals surface area contributed by atoms with E-state index >= 15 is 0 Å². The maximum absolute atomic E-state index is 3.03. The fourth-order valence-electron chi connectivity index (χ4n) is 12.8. The molecule has 0 saturated heterocycles. The first-order chi connectivity index (χ1) is 37.7. The summed E-state index contributed by atoms with van der Waals surface area (Å²) in [4.78, 5) is 0. The summed E-state index contributed by atoms with van der Waals surface area (Å²) in [5.41, 5.74) is 9.39. The normalized spacial score (nSPS) is 11.9. The summed E-state index contributed by atoms with van der Waals surface area (Å²) in [5.74, 6) is 0. The lowest BCUT2D eigenvalue weighted by atomic mass is 10.1. The van der Waals surface area contributed by atoms with Crippen LogP contribution in [-0.2, 0) is 0 Å². The van der Waals surface area contributed by atoms with Crippen LogP contribution in [-0.4, -0.2) is 25.3 Å². The van der Waals surface area contributed by atoms with Crippen molar-refractivity contribution in [3.8, 4) is 22.5 Å². The second-order valence-corrected chi connectivity index (χ2v) is 27.5. The van der Waals surface area contributed by atoms with E-state index in [4.69, 9.17) is 0 Å². The number of hydrogen-bond acceptors (Lipinski definition) is 0. The van der Waals surface area contributed by atoms with E-state index in [1.54, 1.807) is 0 Å². The smallest absolute Gasteiger partial charge is 0.180 e. The van der Waals surface area contributed by atoms with Gasteiger partial charge < -0.3 is 9.13 Å². The van der Waals surface area contributed by atoms with Gasteiger partial charge in [-0.15, -0.1) is 0 Å². The minimum Gasteiger partial charge on any atom is -0.309 e. The molecule has 4 heteroatoms. The average molecular weight is 1000 g/mol. The largest absolute Gasteiger partial charge is 0.309 e. The van der Waals surface area contributed by atoms with Gasteiger partial charge in [-0.3, -0.25) is 0 Å². The number of fused-ring (bicyclic) bond motifs is 6. The van der Waals surface area contributed by atoms with Crippen molar-refractivity contribution in [2.24, 2.45) is 0 Å². The third-order valence-electron chi connectivity index (χ3n) is 16.0. The first-order valence-electron chi connectivity index (χ1n) is 26.3. The molecule has 358 valence electrons. The van der Waals surface area contributed by atoms with Crippen molar-refractivity contribution >= 4 is 101 Å². The Bertz CT molecular complexity index is 4150. The van der Waals surface area contributed by atoms with Gasteiger partial charge in [-0.05, 0) is 101 Å². The molecule has 76 heavy (non-hydrogen) atoms. The fraction of sp³-hybridized carbons (Fsp3) is 0. The minimum absolute atomic E-state index is 1.13. The molecule has 0 unspecified atom stereocenters. The first-order valence-corrected chi connectivity index (χ1v) is 30.3. The number of para-hydroxylation sites is 1. The van der Waals surface area contributed by atoms with Crippen molar-refractivity contribution in [1.29, 1.82) is 0 Å². The van der Waals surface area contributed by atoms with Crippen LogP contribution < -0.4 is 41.5 Å². The Hall–Kier alpha value is -9.33. The van der Waals surface area contributed by atoms with E-state index in [9.17, 15) is 0 Å². The molecule has 0 aliphatic rings. The third kappa shape index (κ3) is 7.14. The van der Waals surface area contributed by atoms with Crippen molar-refractivity contribution in [2.75, 3.05) is 0 Å². The van der Waals surface area contributed by atoms with Crippen LogP contribution in [0.15, 0.2) is 315 Å². The average Bonchev–Trinajstić information content (AvgIpc) is 4.14. The van der Waals surface area contributed by atoms with Crippen LogP contribution in [0.5, 0.6) is 0 Å². The van der Waals surface area contributed by atoms with Gasteiger partial charge in [0.1, 0.15) is 0 Å². The van der Waals surface area contributed by atoms with Crippen LogP contribution >= 0.6 is 0 Å². The number of rotatable bonds is 11. The molecular weight excluding hydrogens is 949 g/mol. The standard InChI is InChI=1S/C72H52N2Si2/c1-8-25-53(26-9-1)54-43-45-55(46-44-54)73-68-50-47-56(51-66(68)72-69(73)41-24-42-71(72)76(60-33-16-5-17-34-60,61-35-18-6-19-36-61)62-37-20-7-21-38-62)74-67-40-23-22-39-64(67)65-49-48-63(52-70(65)74)75(57-27-10-2-11-28-57,58-29-12-3-13-30-58)59-31-14-4-15-32-59/h1-52H. The van der Waals surface area contributed by atoms with Crippen LogP contribution in [0.1, 0.15) is 0 Å². The van der Waals surface area contributed by atoms with Crippen molar-refractivity contribution in [3.63, 3.8) is 0 Å². The Labute approximate surface area is 445 Å². The fourth-order valence-corrected chi connectivity index (χ4v) is 22.6. The molecule has 0 saturated carbocycles. The molecule has 2 nitrogen and oxygen atoms in total. The number of nitrogens with zero attached hydrogens (tertiary/aromatic N) is 2. The summed E-state index contributed by atoms with van der Waals surface area (Å²) < 4.78 is 5.06. The van der Waals surface area contributed by atoms with Gasteiger partial charge in [0.15, 0.2) is 16.1 Å². The molecule has 0 spiro atoms. The van der Waals surface area contributed by atoms with E-state index in [0.29, 0.717) is 0 Å². The first kappa shape index (κ1) is 45.3. The summed E-state index contributed by atoms with van der Waals surface area (Å²) in [6.45, 7) is 0. The summed E-state index contributed by atoms with van der Waals surface area (Å²) in [5, 5.41) is 15.8. The monoisotopic (exact) mass is 1000 g/mol. The van der Waals surface area contributed by atoms with E-state index in [1.807, 2.05) is 0 Å². The Morgan fingerprint density at radius 3 is 1.13 bits per heavy atom. The number of aromatic nitrogens is 2. The Morgan fingerprint density at radius 1 is 0.211 bits per heavy atom. The van der Waals surface area contributed by atoms with Crippen molar-refractivity contribution in [3.05, 3.63) is 315 Å². The molecule has 0 radical (unpaired) electrons. The van der Waals surface area contributed by atoms with Gasteiger partial charge in [-0.25, -0.2) is 0 Å². The zero-order valence-electron chi connectivity index (χ0n) is 41.9. The highest BCUT2D eigenvalue weighted by Gasteiger charge is 2.44. The van der Waals surface area contributed by atoms with E-state index in [0.717, 1.165) is 11.4 Å². The Morgan fingerprint density at radius 2 is 0.605 bits per heavy atom. The van der Waals surface area contributed by atoms with Crippen LogP contribution in [0, 0.1) is 0 Å². The summed E-state index contributed by atoms with van der Waals surface area (Å²) in [7, 11) is -5.90. The second kappa shape index (κ2) is 18.9. The maximum Gasteiger partial charge on any atom is 0.180 e. The molecular formula is C72H52N2Si2. The second-order valence-electron chi connectivity index (χ2n) is 19.9. The zero-order valence-corrected chi connectivity index (χ0v) is 43.9. The molecule has 2 heterocycles. The Kier molecular flexibility index (Phi) is 11.2. The molecule has 12 aromatic carbocycles. The molecule has 0 bridgehead atoms. The maximum atomic E-state index is 2.55. The predicted molar refractivity (Wildman–Crippen MR) is 328 cm³/mol. The summed E-state index contributed by atoms with van der Waals surface area (Å²) in [6, 6.07) is 118. The quantitative estimate of drug-likeness (QED) is 0.0903. The minimum atomic E-state index is -3.03. The zero-order chi connectivity index (χ0) is 50.5. The Balaban J connectivity index is 1.09. The van der Waals surface area contributed by atoms with Gasteiger partial charge >= 0.3 is 0 Å². The van der Waals surface area contributed by atoms with Crippen molar-refractivity contribution in [1.82, 2.24) is 9.13 Å². The predicted octanol–water partition coefficient (Wildman–Crippen LogP) is 12.3. The molecule has 0 aliphatic heterocycles. The van der Waals surface area contributed by atoms with Crippen molar-refractivity contribution < 1.29 is 0 Å². The molecule has 0 amide bonds. The van der Waals surface area contributed by atoms with Crippen molar-refractivity contribution in [2.45, 2.75) is 0 Å². The van der Waals surface area contributed by atoms with Gasteiger partial charge in [0, 0.05) is 32.9 Å². The number of hydrogen-bond donors (Lipinski definition) is 0. The highest BCUT2D eigenvalue weighted by atomic mass is 28.3. The van der Waals surface area contributed by atoms with E-state index in [2.05, 4.69) is 325 Å². The SMILES string of the molecule is c1ccc(-c2ccc(-n3c4ccc(-n5c6ccccc6c6ccc([Si](c7ccccc7)(c7ccccc7)c7ccccc7)cc65)cc4c4c([Si](c5ccccc5)(c5ccccc5)c5ccccc5)cccc43)cc2)cc1. The van der Waals surface area contributed by atoms with Crippen LogP contribution in [0.2, 0.25) is 0 Å². The van der Waals surface area contributed by atoms with Gasteiger partial charge in [0.05, 0.1) is 22.1 Å². The summed E-state index contributed by atoms with van der Waals surface area (Å²) in [6.07, 6.45) is 0. The lowest BCUT2D eigenvalue weighted by molar-refractivity contribution is 1.17.